The average molecular weight is 402 g/mol. The largest absolute Gasteiger partial charge is 0.478 e. The van der Waals surface area contributed by atoms with Gasteiger partial charge in [0.15, 0.2) is 5.17 Å². The first kappa shape index (κ1) is 18.8. The lowest BCUT2D eigenvalue weighted by atomic mass is 10.2. The molecule has 1 saturated heterocycles. The molecule has 0 radical (unpaired) electrons. The monoisotopic (exact) mass is 402 g/mol. The molecule has 0 aliphatic carbocycles. The fourth-order valence-electron chi connectivity index (χ4n) is 2.42. The summed E-state index contributed by atoms with van der Waals surface area (Å²) in [6.45, 7) is 0. The third kappa shape index (κ3) is 4.41. The van der Waals surface area contributed by atoms with E-state index in [-0.39, 0.29) is 22.8 Å². The highest BCUT2D eigenvalue weighted by Crippen LogP contribution is 2.30. The smallest absolute Gasteiger partial charge is 0.335 e. The minimum atomic E-state index is -1.14. The summed E-state index contributed by atoms with van der Waals surface area (Å²) in [5.74, 6) is -2.02. The number of carboxylic acid groups (broad SMARTS) is 1. The van der Waals surface area contributed by atoms with Crippen molar-refractivity contribution in [2.45, 2.75) is 11.7 Å². The minimum Gasteiger partial charge on any atom is -0.478 e. The van der Waals surface area contributed by atoms with E-state index in [0.717, 1.165) is 21.5 Å². The maximum absolute atomic E-state index is 12.6. The third-order valence-electron chi connectivity index (χ3n) is 3.60. The van der Waals surface area contributed by atoms with Crippen LogP contribution in [0.5, 0.6) is 0 Å². The number of nitrogens with zero attached hydrogens (tertiary/aromatic N) is 3. The van der Waals surface area contributed by atoms with Crippen LogP contribution in [-0.2, 0) is 9.59 Å². The van der Waals surface area contributed by atoms with Crippen LogP contribution in [0.2, 0.25) is 0 Å². The van der Waals surface area contributed by atoms with Crippen LogP contribution in [0.3, 0.4) is 0 Å². The molecule has 1 atom stereocenters. The van der Waals surface area contributed by atoms with Gasteiger partial charge in [0.25, 0.3) is 0 Å². The summed E-state index contributed by atoms with van der Waals surface area (Å²) >= 11 is 2.45. The van der Waals surface area contributed by atoms with Gasteiger partial charge in [-0.3, -0.25) is 9.59 Å². The zero-order chi connectivity index (χ0) is 19.4. The van der Waals surface area contributed by atoms with Crippen molar-refractivity contribution >= 4 is 58.0 Å². The minimum absolute atomic E-state index is 0.00630. The molecule has 8 nitrogen and oxygen atoms in total. The molecule has 27 heavy (non-hydrogen) atoms. The van der Waals surface area contributed by atoms with Crippen LogP contribution in [0, 0.1) is 0 Å². The number of imide groups is 1. The van der Waals surface area contributed by atoms with E-state index in [1.165, 1.54) is 35.6 Å². The molecule has 1 aliphatic rings. The van der Waals surface area contributed by atoms with Crippen molar-refractivity contribution < 1.29 is 19.5 Å². The molecule has 3 N–H and O–H groups in total. The maximum atomic E-state index is 12.6. The number of rotatable bonds is 5. The van der Waals surface area contributed by atoms with Crippen LogP contribution in [0.4, 0.5) is 5.69 Å². The Hall–Kier alpha value is -2.98. The molecule has 10 heteroatoms. The van der Waals surface area contributed by atoms with Gasteiger partial charge in [0, 0.05) is 11.3 Å². The van der Waals surface area contributed by atoms with Crippen LogP contribution >= 0.6 is 23.1 Å². The number of benzene rings is 1. The normalized spacial score (nSPS) is 17.9. The number of nitrogens with two attached hydrogens (primary N) is 1. The van der Waals surface area contributed by atoms with Crippen molar-refractivity contribution in [3.63, 3.8) is 0 Å². The van der Waals surface area contributed by atoms with E-state index < -0.39 is 23.0 Å². The molecule has 1 aliphatic heterocycles. The summed E-state index contributed by atoms with van der Waals surface area (Å²) in [5.41, 5.74) is 6.01. The van der Waals surface area contributed by atoms with E-state index in [0.29, 0.717) is 0 Å². The number of thioether (sulfide) groups is 1. The quantitative estimate of drug-likeness (QED) is 0.342. The Labute approximate surface area is 162 Å². The summed E-state index contributed by atoms with van der Waals surface area (Å²) in [6, 6.07) is 9.42. The lowest BCUT2D eigenvalue weighted by molar-refractivity contribution is -0.121. The van der Waals surface area contributed by atoms with Crippen LogP contribution in [0.15, 0.2) is 52.0 Å². The Morgan fingerprint density at radius 2 is 2.15 bits per heavy atom. The number of carbonyl (C=O) groups excluding carboxylic acids is 2. The highest BCUT2D eigenvalue weighted by atomic mass is 32.2. The number of hydrogen-bond acceptors (Lipinski definition) is 7. The SMILES string of the molecule is N/C(=N/N=C\c1cccs1)S[C@@H]1CC(=O)N(c2cccc(C(=O)O)c2)C1=O. The van der Waals surface area contributed by atoms with Gasteiger partial charge in [-0.25, -0.2) is 9.69 Å². The summed E-state index contributed by atoms with van der Waals surface area (Å²) in [7, 11) is 0. The van der Waals surface area contributed by atoms with E-state index in [1.807, 2.05) is 17.5 Å². The number of amidine groups is 1. The van der Waals surface area contributed by atoms with E-state index in [4.69, 9.17) is 10.8 Å². The maximum Gasteiger partial charge on any atom is 0.335 e. The fourth-order valence-corrected chi connectivity index (χ4v) is 3.82. The number of carbonyl (C=O) groups is 3. The van der Waals surface area contributed by atoms with Gasteiger partial charge < -0.3 is 10.8 Å². The molecule has 0 unspecified atom stereocenters. The second-order valence-electron chi connectivity index (χ2n) is 5.43. The van der Waals surface area contributed by atoms with Crippen LogP contribution in [0.25, 0.3) is 0 Å². The Kier molecular flexibility index (Phi) is 5.67. The molecular weight excluding hydrogens is 388 g/mol. The molecule has 1 fully saturated rings. The van der Waals surface area contributed by atoms with Gasteiger partial charge in [0.2, 0.25) is 11.8 Å². The van der Waals surface area contributed by atoms with Gasteiger partial charge in [0.1, 0.15) is 5.25 Å². The lowest BCUT2D eigenvalue weighted by Gasteiger charge is -2.15. The van der Waals surface area contributed by atoms with Crippen molar-refractivity contribution in [3.05, 3.63) is 52.2 Å². The predicted octanol–water partition coefficient (Wildman–Crippen LogP) is 2.16. The molecule has 138 valence electrons. The molecule has 0 spiro atoms. The Bertz CT molecular complexity index is 940. The Morgan fingerprint density at radius 3 is 2.85 bits per heavy atom. The van der Waals surface area contributed by atoms with Crippen LogP contribution in [-0.4, -0.2) is 39.5 Å². The third-order valence-corrected chi connectivity index (χ3v) is 5.39. The van der Waals surface area contributed by atoms with Gasteiger partial charge in [-0.1, -0.05) is 23.9 Å². The molecule has 1 aromatic carbocycles. The summed E-state index contributed by atoms with van der Waals surface area (Å²) in [5, 5.41) is 18.0. The van der Waals surface area contributed by atoms with E-state index >= 15 is 0 Å². The lowest BCUT2D eigenvalue weighted by Crippen LogP contribution is -2.32. The molecule has 2 amide bonds. The van der Waals surface area contributed by atoms with Crippen molar-refractivity contribution in [2.24, 2.45) is 15.9 Å². The van der Waals surface area contributed by atoms with E-state index in [9.17, 15) is 14.4 Å². The number of anilines is 1. The summed E-state index contributed by atoms with van der Waals surface area (Å²) in [4.78, 5) is 37.8. The van der Waals surface area contributed by atoms with Gasteiger partial charge >= 0.3 is 5.97 Å². The Balaban J connectivity index is 1.70. The van der Waals surface area contributed by atoms with Gasteiger partial charge in [-0.15, -0.1) is 16.4 Å². The number of amides is 2. The zero-order valence-corrected chi connectivity index (χ0v) is 15.4. The van der Waals surface area contributed by atoms with E-state index in [1.54, 1.807) is 6.21 Å². The van der Waals surface area contributed by atoms with Crippen molar-refractivity contribution in [1.29, 1.82) is 0 Å². The highest BCUT2D eigenvalue weighted by Gasteiger charge is 2.40. The van der Waals surface area contributed by atoms with Gasteiger partial charge in [-0.2, -0.15) is 5.10 Å². The molecule has 1 aromatic heterocycles. The van der Waals surface area contributed by atoms with Crippen LogP contribution < -0.4 is 10.6 Å². The van der Waals surface area contributed by atoms with Crippen molar-refractivity contribution in [2.75, 3.05) is 4.90 Å². The summed E-state index contributed by atoms with van der Waals surface area (Å²) < 4.78 is 0. The first-order chi connectivity index (χ1) is 13.0. The first-order valence-electron chi connectivity index (χ1n) is 7.72. The van der Waals surface area contributed by atoms with Gasteiger partial charge in [-0.05, 0) is 29.6 Å². The van der Waals surface area contributed by atoms with Crippen LogP contribution in [0.1, 0.15) is 21.7 Å². The number of carboxylic acids is 1. The second kappa shape index (κ2) is 8.14. The highest BCUT2D eigenvalue weighted by molar-refractivity contribution is 8.14. The molecule has 0 bridgehead atoms. The van der Waals surface area contributed by atoms with Gasteiger partial charge in [0.05, 0.1) is 17.5 Å². The Morgan fingerprint density at radius 1 is 1.33 bits per heavy atom. The van der Waals surface area contributed by atoms with Crippen molar-refractivity contribution in [1.82, 2.24) is 0 Å². The number of thiophene rings is 1. The molecule has 2 heterocycles. The summed E-state index contributed by atoms with van der Waals surface area (Å²) in [6.07, 6.45) is 1.50. The fraction of sp³-hybridized carbons (Fsp3) is 0.118. The molecular formula is C17H14N4O4S2. The number of hydrogen-bond donors (Lipinski definition) is 2. The standard InChI is InChI=1S/C17H14N4O4S2/c18-17(20-19-9-12-5-2-6-26-12)27-13-8-14(22)21(15(13)23)11-4-1-3-10(7-11)16(24)25/h1-7,9,13H,8H2,(H2,18,20)(H,24,25)/b19-9-/t13-/m1/s1. The second-order valence-corrected chi connectivity index (χ2v) is 7.63. The zero-order valence-electron chi connectivity index (χ0n) is 13.8. The topological polar surface area (TPSA) is 125 Å². The molecule has 0 saturated carbocycles. The predicted molar refractivity (Wildman–Crippen MR) is 105 cm³/mol. The number of aromatic carboxylic acids is 1. The van der Waals surface area contributed by atoms with E-state index in [2.05, 4.69) is 10.2 Å². The molecule has 2 aromatic rings. The first-order valence-corrected chi connectivity index (χ1v) is 9.48. The van der Waals surface area contributed by atoms with Crippen molar-refractivity contribution in [3.8, 4) is 0 Å². The average Bonchev–Trinajstić information content (AvgIpc) is 3.23. The molecule has 3 rings (SSSR count).